The fourth-order valence-corrected chi connectivity index (χ4v) is 0.349. The fourth-order valence-electron chi connectivity index (χ4n) is 0.349. The molecule has 0 aliphatic carbocycles. The summed E-state index contributed by atoms with van der Waals surface area (Å²) in [5.74, 6) is -0.194. The minimum atomic E-state index is -1.25. The highest BCUT2D eigenvalue weighted by Crippen LogP contribution is 1.97. The third kappa shape index (κ3) is 2.96. The second kappa shape index (κ2) is 3.83. The lowest BCUT2D eigenvalue weighted by Gasteiger charge is -2.10. The van der Waals surface area contributed by atoms with Crippen molar-refractivity contribution in [3.8, 4) is 0 Å². The zero-order valence-corrected chi connectivity index (χ0v) is 5.16. The standard InChI is InChI=1S/C5H12O3/c1-4(3-8-2)5(6)7/h4-7H,3H2,1-2H3. The molecular formula is C5H12O3. The molecule has 0 heterocycles. The van der Waals surface area contributed by atoms with Gasteiger partial charge in [0.15, 0.2) is 6.29 Å². The van der Waals surface area contributed by atoms with E-state index in [0.29, 0.717) is 6.61 Å². The topological polar surface area (TPSA) is 49.7 Å². The van der Waals surface area contributed by atoms with Crippen LogP contribution in [0.5, 0.6) is 0 Å². The molecule has 0 radical (unpaired) electrons. The molecule has 0 aromatic rings. The average Bonchev–Trinajstić information content (AvgIpc) is 1.67. The van der Waals surface area contributed by atoms with Gasteiger partial charge >= 0.3 is 0 Å². The van der Waals surface area contributed by atoms with E-state index in [2.05, 4.69) is 4.74 Å². The van der Waals surface area contributed by atoms with Crippen molar-refractivity contribution in [2.75, 3.05) is 13.7 Å². The molecule has 0 aliphatic rings. The van der Waals surface area contributed by atoms with E-state index < -0.39 is 6.29 Å². The summed E-state index contributed by atoms with van der Waals surface area (Å²) in [6.07, 6.45) is -1.25. The van der Waals surface area contributed by atoms with Crippen LogP contribution in [0.25, 0.3) is 0 Å². The molecule has 0 bridgehead atoms. The summed E-state index contributed by atoms with van der Waals surface area (Å²) in [5, 5.41) is 16.9. The van der Waals surface area contributed by atoms with Gasteiger partial charge in [-0.25, -0.2) is 0 Å². The van der Waals surface area contributed by atoms with E-state index in [1.807, 2.05) is 0 Å². The first kappa shape index (κ1) is 7.88. The molecule has 8 heavy (non-hydrogen) atoms. The van der Waals surface area contributed by atoms with Gasteiger partial charge in [0.2, 0.25) is 0 Å². The van der Waals surface area contributed by atoms with Crippen LogP contribution >= 0.6 is 0 Å². The molecule has 2 N–H and O–H groups in total. The Balaban J connectivity index is 3.17. The molecule has 0 saturated carbocycles. The van der Waals surface area contributed by atoms with Crippen LogP contribution in [0.15, 0.2) is 0 Å². The van der Waals surface area contributed by atoms with Crippen molar-refractivity contribution in [3.63, 3.8) is 0 Å². The van der Waals surface area contributed by atoms with Crippen LogP contribution in [0.2, 0.25) is 0 Å². The van der Waals surface area contributed by atoms with Crippen molar-refractivity contribution < 1.29 is 14.9 Å². The molecule has 0 aliphatic heterocycles. The number of aliphatic hydroxyl groups excluding tert-OH is 1. The molecule has 3 heteroatoms. The molecule has 0 amide bonds. The van der Waals surface area contributed by atoms with Gasteiger partial charge in [0, 0.05) is 13.0 Å². The molecular weight excluding hydrogens is 108 g/mol. The minimum Gasteiger partial charge on any atom is -0.384 e. The Bertz CT molecular complexity index is 53.6. The Kier molecular flexibility index (Phi) is 3.77. The van der Waals surface area contributed by atoms with E-state index in [-0.39, 0.29) is 5.92 Å². The smallest absolute Gasteiger partial charge is 0.156 e. The summed E-state index contributed by atoms with van der Waals surface area (Å²) in [4.78, 5) is 0. The van der Waals surface area contributed by atoms with Gasteiger partial charge in [-0.15, -0.1) is 0 Å². The van der Waals surface area contributed by atoms with Crippen LogP contribution in [0.4, 0.5) is 0 Å². The highest BCUT2D eigenvalue weighted by atomic mass is 16.5. The average molecular weight is 120 g/mol. The van der Waals surface area contributed by atoms with Crippen molar-refractivity contribution >= 4 is 0 Å². The molecule has 1 atom stereocenters. The summed E-state index contributed by atoms with van der Waals surface area (Å²) in [6.45, 7) is 2.09. The first-order valence-corrected chi connectivity index (χ1v) is 2.53. The van der Waals surface area contributed by atoms with Crippen LogP contribution < -0.4 is 0 Å². The van der Waals surface area contributed by atoms with Gasteiger partial charge in [0.25, 0.3) is 0 Å². The second-order valence-corrected chi connectivity index (χ2v) is 1.85. The van der Waals surface area contributed by atoms with Crippen molar-refractivity contribution in [1.29, 1.82) is 0 Å². The van der Waals surface area contributed by atoms with Crippen molar-refractivity contribution in [3.05, 3.63) is 0 Å². The van der Waals surface area contributed by atoms with Crippen LogP contribution in [-0.4, -0.2) is 30.2 Å². The summed E-state index contributed by atoms with van der Waals surface area (Å²) in [7, 11) is 1.53. The number of ether oxygens (including phenoxy) is 1. The number of methoxy groups -OCH3 is 1. The molecule has 0 aromatic carbocycles. The van der Waals surface area contributed by atoms with Gasteiger partial charge < -0.3 is 14.9 Å². The lowest BCUT2D eigenvalue weighted by molar-refractivity contribution is -0.0945. The van der Waals surface area contributed by atoms with Crippen LogP contribution in [-0.2, 0) is 4.74 Å². The van der Waals surface area contributed by atoms with E-state index >= 15 is 0 Å². The summed E-state index contributed by atoms with van der Waals surface area (Å²) < 4.78 is 4.64. The minimum absolute atomic E-state index is 0.194. The quantitative estimate of drug-likeness (QED) is 0.497. The van der Waals surface area contributed by atoms with E-state index in [4.69, 9.17) is 10.2 Å². The van der Waals surface area contributed by atoms with Crippen molar-refractivity contribution in [2.45, 2.75) is 13.2 Å². The van der Waals surface area contributed by atoms with Crippen LogP contribution in [0.3, 0.4) is 0 Å². The maximum absolute atomic E-state index is 8.43. The van der Waals surface area contributed by atoms with Crippen molar-refractivity contribution in [2.24, 2.45) is 5.92 Å². The Morgan fingerprint density at radius 1 is 1.50 bits per heavy atom. The van der Waals surface area contributed by atoms with Gasteiger partial charge in [-0.3, -0.25) is 0 Å². The highest BCUT2D eigenvalue weighted by Gasteiger charge is 2.08. The molecule has 0 spiro atoms. The third-order valence-electron chi connectivity index (χ3n) is 0.939. The Morgan fingerprint density at radius 2 is 2.00 bits per heavy atom. The first-order chi connectivity index (χ1) is 3.68. The maximum Gasteiger partial charge on any atom is 0.156 e. The zero-order valence-electron chi connectivity index (χ0n) is 5.16. The molecule has 0 rings (SSSR count). The van der Waals surface area contributed by atoms with E-state index in [0.717, 1.165) is 0 Å². The summed E-state index contributed by atoms with van der Waals surface area (Å²) in [6, 6.07) is 0. The maximum atomic E-state index is 8.43. The van der Waals surface area contributed by atoms with Crippen molar-refractivity contribution in [1.82, 2.24) is 0 Å². The molecule has 0 aromatic heterocycles. The van der Waals surface area contributed by atoms with Crippen LogP contribution in [0, 0.1) is 5.92 Å². The van der Waals surface area contributed by atoms with E-state index in [1.54, 1.807) is 6.92 Å². The number of hydrogen-bond donors (Lipinski definition) is 2. The van der Waals surface area contributed by atoms with Gasteiger partial charge in [-0.2, -0.15) is 0 Å². The van der Waals surface area contributed by atoms with E-state index in [9.17, 15) is 0 Å². The molecule has 3 nitrogen and oxygen atoms in total. The number of rotatable bonds is 3. The SMILES string of the molecule is COCC(C)C(O)O. The second-order valence-electron chi connectivity index (χ2n) is 1.85. The van der Waals surface area contributed by atoms with Gasteiger partial charge in [0.05, 0.1) is 6.61 Å². The lowest BCUT2D eigenvalue weighted by atomic mass is 10.2. The monoisotopic (exact) mass is 120 g/mol. The predicted octanol–water partition coefficient (Wildman–Crippen LogP) is -0.420. The van der Waals surface area contributed by atoms with E-state index in [1.165, 1.54) is 7.11 Å². The van der Waals surface area contributed by atoms with Crippen LogP contribution in [0.1, 0.15) is 6.92 Å². The van der Waals surface area contributed by atoms with Gasteiger partial charge in [-0.1, -0.05) is 6.92 Å². The molecule has 0 fully saturated rings. The third-order valence-corrected chi connectivity index (χ3v) is 0.939. The summed E-state index contributed by atoms with van der Waals surface area (Å²) in [5.41, 5.74) is 0. The number of aliphatic hydroxyl groups is 2. The number of hydrogen-bond acceptors (Lipinski definition) is 3. The molecule has 0 saturated heterocycles. The van der Waals surface area contributed by atoms with Gasteiger partial charge in [0.1, 0.15) is 0 Å². The molecule has 1 unspecified atom stereocenters. The zero-order chi connectivity index (χ0) is 6.57. The largest absolute Gasteiger partial charge is 0.384 e. The summed E-state index contributed by atoms with van der Waals surface area (Å²) >= 11 is 0. The Morgan fingerprint density at radius 3 is 2.12 bits per heavy atom. The fraction of sp³-hybridized carbons (Fsp3) is 1.00. The lowest BCUT2D eigenvalue weighted by Crippen LogP contribution is -2.20. The first-order valence-electron chi connectivity index (χ1n) is 2.53. The van der Waals surface area contributed by atoms with Gasteiger partial charge in [-0.05, 0) is 0 Å². The normalized spacial score (nSPS) is 14.6. The Hall–Kier alpha value is -0.120. The highest BCUT2D eigenvalue weighted by molar-refractivity contribution is 4.49. The predicted molar refractivity (Wildman–Crippen MR) is 29.3 cm³/mol. The molecule has 50 valence electrons. The Labute approximate surface area is 48.9 Å².